The molecule has 0 aliphatic carbocycles. The van der Waals surface area contributed by atoms with Crippen LogP contribution in [0.5, 0.6) is 0 Å². The first-order valence-corrected chi connectivity index (χ1v) is 14.5. The van der Waals surface area contributed by atoms with Gasteiger partial charge in [-0.3, -0.25) is 14.5 Å². The van der Waals surface area contributed by atoms with E-state index in [4.69, 9.17) is 4.74 Å². The zero-order chi connectivity index (χ0) is 23.8. The van der Waals surface area contributed by atoms with Gasteiger partial charge in [0.15, 0.2) is 0 Å². The number of sulfonamides is 1. The molecule has 2 fully saturated rings. The van der Waals surface area contributed by atoms with Crippen LogP contribution in [-0.2, 0) is 24.3 Å². The Bertz CT molecular complexity index is 807. The van der Waals surface area contributed by atoms with Gasteiger partial charge < -0.3 is 9.64 Å². The van der Waals surface area contributed by atoms with E-state index in [1.54, 1.807) is 11.0 Å². The number of hydrogen-bond donors (Lipinski definition) is 0. The molecule has 188 valence electrons. The van der Waals surface area contributed by atoms with Gasteiger partial charge in [-0.1, -0.05) is 45.4 Å². The molecule has 8 nitrogen and oxygen atoms in total. The van der Waals surface area contributed by atoms with Crippen LogP contribution in [0.1, 0.15) is 71.1 Å². The van der Waals surface area contributed by atoms with Crippen molar-refractivity contribution in [2.45, 2.75) is 77.2 Å². The first-order chi connectivity index (χ1) is 15.8. The van der Waals surface area contributed by atoms with Gasteiger partial charge in [0.2, 0.25) is 21.8 Å². The summed E-state index contributed by atoms with van der Waals surface area (Å²) in [7, 11) is -3.68. The number of ether oxygens (including phenoxy) is 1. The molecule has 0 aromatic carbocycles. The zero-order valence-corrected chi connectivity index (χ0v) is 21.2. The fourth-order valence-corrected chi connectivity index (χ4v) is 6.32. The fourth-order valence-electron chi connectivity index (χ4n) is 5.29. The lowest BCUT2D eigenvalue weighted by molar-refractivity contribution is -0.133. The third-order valence-corrected chi connectivity index (χ3v) is 8.04. The van der Waals surface area contributed by atoms with Crippen LogP contribution < -0.4 is 0 Å². The van der Waals surface area contributed by atoms with Crippen molar-refractivity contribution < 1.29 is 22.7 Å². The van der Waals surface area contributed by atoms with Gasteiger partial charge in [-0.25, -0.2) is 12.7 Å². The van der Waals surface area contributed by atoms with Crippen molar-refractivity contribution in [3.05, 3.63) is 11.8 Å². The Morgan fingerprint density at radius 3 is 2.33 bits per heavy atom. The Hall–Kier alpha value is -1.45. The minimum atomic E-state index is -3.68. The van der Waals surface area contributed by atoms with Gasteiger partial charge in [-0.15, -0.1) is 0 Å². The Kier molecular flexibility index (Phi) is 9.76. The molecule has 0 spiro atoms. The Morgan fingerprint density at radius 2 is 1.70 bits per heavy atom. The third kappa shape index (κ3) is 6.79. The van der Waals surface area contributed by atoms with Crippen molar-refractivity contribution in [3.8, 4) is 0 Å². The lowest BCUT2D eigenvalue weighted by Gasteiger charge is -2.27. The third-order valence-electron chi connectivity index (χ3n) is 6.99. The standard InChI is InChI=1S/C24H41N3O5S/c1-3-11-20-23-21(27(24(20)29)33(2,30)31)13-15-26(23)22(28)12-9-7-5-4-6-8-10-14-25-16-18-32-19-17-25/h13,20,23H,3-12,14-19H2,1-2H3/t20-,23-/m1/s1. The molecule has 2 amide bonds. The SMILES string of the molecule is CCC[C@H]1C(=O)N(S(C)(=O)=O)C2=CCN(C(=O)CCCCCCCCCN3CCOCC3)[C@@H]21. The fraction of sp³-hybridized carbons (Fsp3) is 0.833. The van der Waals surface area contributed by atoms with Crippen molar-refractivity contribution in [3.63, 3.8) is 0 Å². The normalized spacial score (nSPS) is 23.8. The van der Waals surface area contributed by atoms with Crippen LogP contribution >= 0.6 is 0 Å². The molecule has 2 atom stereocenters. The molecule has 33 heavy (non-hydrogen) atoms. The predicted octanol–water partition coefficient (Wildman–Crippen LogP) is 2.75. The van der Waals surface area contributed by atoms with E-state index in [1.165, 1.54) is 32.2 Å². The maximum absolute atomic E-state index is 12.9. The highest BCUT2D eigenvalue weighted by Crippen LogP contribution is 2.40. The van der Waals surface area contributed by atoms with Crippen LogP contribution in [0.4, 0.5) is 0 Å². The summed E-state index contributed by atoms with van der Waals surface area (Å²) < 4.78 is 30.7. The van der Waals surface area contributed by atoms with Gasteiger partial charge in [-0.2, -0.15) is 0 Å². The van der Waals surface area contributed by atoms with Crippen molar-refractivity contribution in [2.24, 2.45) is 5.92 Å². The molecule has 0 bridgehead atoms. The number of unbranched alkanes of at least 4 members (excludes halogenated alkanes) is 6. The van der Waals surface area contributed by atoms with E-state index in [0.717, 1.165) is 62.5 Å². The number of carbonyl (C=O) groups excluding carboxylic acids is 2. The van der Waals surface area contributed by atoms with Gasteiger partial charge in [0.05, 0.1) is 37.1 Å². The minimum absolute atomic E-state index is 0.0287. The van der Waals surface area contributed by atoms with Crippen LogP contribution in [0.25, 0.3) is 0 Å². The minimum Gasteiger partial charge on any atom is -0.379 e. The molecule has 3 aliphatic heterocycles. The van der Waals surface area contributed by atoms with Crippen molar-refractivity contribution in [1.29, 1.82) is 0 Å². The lowest BCUT2D eigenvalue weighted by Crippen LogP contribution is -2.41. The molecule has 3 aliphatic rings. The van der Waals surface area contributed by atoms with Crippen LogP contribution in [0, 0.1) is 5.92 Å². The monoisotopic (exact) mass is 483 g/mol. The number of rotatable bonds is 13. The summed E-state index contributed by atoms with van der Waals surface area (Å²) in [5, 5.41) is 0. The summed E-state index contributed by atoms with van der Waals surface area (Å²) >= 11 is 0. The number of amides is 2. The van der Waals surface area contributed by atoms with Crippen LogP contribution in [0.15, 0.2) is 11.8 Å². The summed E-state index contributed by atoms with van der Waals surface area (Å²) in [6, 6.07) is -0.425. The number of nitrogens with zero attached hydrogens (tertiary/aromatic N) is 3. The maximum Gasteiger partial charge on any atom is 0.246 e. The van der Waals surface area contributed by atoms with Crippen molar-refractivity contribution in [1.82, 2.24) is 14.1 Å². The second kappa shape index (κ2) is 12.3. The smallest absolute Gasteiger partial charge is 0.246 e. The average Bonchev–Trinajstić information content (AvgIpc) is 3.31. The summed E-state index contributed by atoms with van der Waals surface area (Å²) in [5.74, 6) is -0.817. The Labute approximate surface area is 199 Å². The molecule has 0 saturated carbocycles. The van der Waals surface area contributed by atoms with Crippen molar-refractivity contribution >= 4 is 21.8 Å². The van der Waals surface area contributed by atoms with Gasteiger partial charge in [0.1, 0.15) is 0 Å². The number of carbonyl (C=O) groups is 2. The van der Waals surface area contributed by atoms with Gasteiger partial charge in [0.25, 0.3) is 0 Å². The molecule has 0 aromatic rings. The Balaban J connectivity index is 1.35. The van der Waals surface area contributed by atoms with Gasteiger partial charge in [0, 0.05) is 26.1 Å². The molecular formula is C24H41N3O5S. The number of morpholine rings is 1. The highest BCUT2D eigenvalue weighted by atomic mass is 32.2. The maximum atomic E-state index is 12.9. The van der Waals surface area contributed by atoms with E-state index in [1.807, 2.05) is 6.92 Å². The molecule has 3 rings (SSSR count). The van der Waals surface area contributed by atoms with E-state index < -0.39 is 22.0 Å². The zero-order valence-electron chi connectivity index (χ0n) is 20.3. The summed E-state index contributed by atoms with van der Waals surface area (Å²) in [5.41, 5.74) is 0.478. The van der Waals surface area contributed by atoms with E-state index in [9.17, 15) is 18.0 Å². The van der Waals surface area contributed by atoms with Gasteiger partial charge in [-0.05, 0) is 31.9 Å². The summed E-state index contributed by atoms with van der Waals surface area (Å²) in [4.78, 5) is 29.9. The second-order valence-corrected chi connectivity index (χ2v) is 11.4. The van der Waals surface area contributed by atoms with Gasteiger partial charge >= 0.3 is 0 Å². The van der Waals surface area contributed by atoms with E-state index >= 15 is 0 Å². The predicted molar refractivity (Wildman–Crippen MR) is 128 cm³/mol. The topological polar surface area (TPSA) is 87.2 Å². The van der Waals surface area contributed by atoms with Crippen molar-refractivity contribution in [2.75, 3.05) is 45.6 Å². The summed E-state index contributed by atoms with van der Waals surface area (Å²) in [6.07, 6.45) is 12.6. The highest BCUT2D eigenvalue weighted by Gasteiger charge is 2.53. The quantitative estimate of drug-likeness (QED) is 0.375. The molecule has 0 radical (unpaired) electrons. The van der Waals surface area contributed by atoms with Crippen LogP contribution in [-0.4, -0.2) is 86.0 Å². The molecule has 0 unspecified atom stereocenters. The van der Waals surface area contributed by atoms with E-state index in [0.29, 0.717) is 25.1 Å². The average molecular weight is 484 g/mol. The number of hydrogen-bond acceptors (Lipinski definition) is 6. The first kappa shape index (κ1) is 26.2. The lowest BCUT2D eigenvalue weighted by atomic mass is 9.95. The summed E-state index contributed by atoms with van der Waals surface area (Å²) in [6.45, 7) is 7.37. The van der Waals surface area contributed by atoms with E-state index in [2.05, 4.69) is 4.90 Å². The molecule has 0 aromatic heterocycles. The van der Waals surface area contributed by atoms with E-state index in [-0.39, 0.29) is 11.8 Å². The molecule has 9 heteroatoms. The second-order valence-electron chi connectivity index (χ2n) is 9.56. The number of fused-ring (bicyclic) bond motifs is 1. The molecule has 2 saturated heterocycles. The highest BCUT2D eigenvalue weighted by molar-refractivity contribution is 7.89. The molecular weight excluding hydrogens is 442 g/mol. The molecule has 0 N–H and O–H groups in total. The Morgan fingerprint density at radius 1 is 1.06 bits per heavy atom. The van der Waals surface area contributed by atoms with Crippen LogP contribution in [0.2, 0.25) is 0 Å². The largest absolute Gasteiger partial charge is 0.379 e. The molecule has 3 heterocycles. The first-order valence-electron chi connectivity index (χ1n) is 12.7. The van der Waals surface area contributed by atoms with Crippen LogP contribution in [0.3, 0.4) is 0 Å².